The minimum Gasteiger partial charge on any atom is -0.481 e. The van der Waals surface area contributed by atoms with Gasteiger partial charge in [-0.15, -0.1) is 0 Å². The number of carbonyl (C=O) groups excluding carboxylic acids is 1. The van der Waals surface area contributed by atoms with Gasteiger partial charge in [0.15, 0.2) is 0 Å². The summed E-state index contributed by atoms with van der Waals surface area (Å²) in [6, 6.07) is 4.85. The fourth-order valence-electron chi connectivity index (χ4n) is 2.04. The number of carboxylic acids is 1. The first-order valence-corrected chi connectivity index (χ1v) is 6.66. The third-order valence-electron chi connectivity index (χ3n) is 3.23. The van der Waals surface area contributed by atoms with Crippen molar-refractivity contribution in [3.05, 3.63) is 33.8 Å². The second-order valence-electron chi connectivity index (χ2n) is 4.47. The van der Waals surface area contributed by atoms with Crippen molar-refractivity contribution in [1.29, 1.82) is 0 Å². The lowest BCUT2D eigenvalue weighted by molar-refractivity contribution is -0.142. The molecule has 0 aromatic heterocycles. The molecule has 1 aromatic carbocycles. The van der Waals surface area contributed by atoms with Gasteiger partial charge in [-0.1, -0.05) is 22.0 Å². The number of aliphatic carboxylic acids is 1. The molecule has 0 saturated carbocycles. The summed E-state index contributed by atoms with van der Waals surface area (Å²) < 4.78 is 5.96. The van der Waals surface area contributed by atoms with Gasteiger partial charge in [-0.25, -0.2) is 0 Å². The average Bonchev–Trinajstić information content (AvgIpc) is 2.80. The van der Waals surface area contributed by atoms with E-state index in [-0.39, 0.29) is 19.1 Å². The minimum absolute atomic E-state index is 0.137. The zero-order valence-electron chi connectivity index (χ0n) is 10.4. The summed E-state index contributed by atoms with van der Waals surface area (Å²) in [6.45, 7) is 2.20. The summed E-state index contributed by atoms with van der Waals surface area (Å²) in [7, 11) is 0. The van der Waals surface area contributed by atoms with Gasteiger partial charge in [-0.2, -0.15) is 0 Å². The van der Waals surface area contributed by atoms with Crippen molar-refractivity contribution in [2.75, 3.05) is 13.2 Å². The van der Waals surface area contributed by atoms with E-state index in [2.05, 4.69) is 21.2 Å². The normalized spacial score (nSPS) is 22.2. The van der Waals surface area contributed by atoms with Gasteiger partial charge in [-0.05, 0) is 24.6 Å². The van der Waals surface area contributed by atoms with Crippen LogP contribution in [-0.2, 0) is 9.53 Å². The number of hydrogen-bond donors (Lipinski definition) is 2. The summed E-state index contributed by atoms with van der Waals surface area (Å²) >= 11 is 3.36. The Morgan fingerprint density at radius 2 is 2.16 bits per heavy atom. The van der Waals surface area contributed by atoms with Gasteiger partial charge in [0.2, 0.25) is 0 Å². The standard InChI is InChI=1S/C13H14BrNO4/c1-7-8(3-2-4-10(7)14)12(16)15-11-6-19-5-9(11)13(17)18/h2-4,9,11H,5-6H2,1H3,(H,15,16)(H,17,18). The number of amides is 1. The molecular weight excluding hydrogens is 314 g/mol. The monoisotopic (exact) mass is 327 g/mol. The molecule has 1 fully saturated rings. The number of carboxylic acid groups (broad SMARTS) is 1. The maximum Gasteiger partial charge on any atom is 0.311 e. The molecule has 0 aliphatic carbocycles. The number of carbonyl (C=O) groups is 2. The van der Waals surface area contributed by atoms with E-state index < -0.39 is 17.9 Å². The predicted octanol–water partition coefficient (Wildman–Crippen LogP) is 1.59. The molecule has 1 saturated heterocycles. The van der Waals surface area contributed by atoms with Crippen molar-refractivity contribution in [2.45, 2.75) is 13.0 Å². The van der Waals surface area contributed by atoms with E-state index in [9.17, 15) is 9.59 Å². The molecule has 2 N–H and O–H groups in total. The van der Waals surface area contributed by atoms with Gasteiger partial charge in [-0.3, -0.25) is 9.59 Å². The summed E-state index contributed by atoms with van der Waals surface area (Å²) in [5, 5.41) is 11.8. The average molecular weight is 328 g/mol. The smallest absolute Gasteiger partial charge is 0.311 e. The van der Waals surface area contributed by atoms with Gasteiger partial charge >= 0.3 is 5.97 Å². The largest absolute Gasteiger partial charge is 0.481 e. The molecular formula is C13H14BrNO4. The molecule has 1 aliphatic heterocycles. The Labute approximate surface area is 119 Å². The first-order chi connectivity index (χ1) is 9.00. The Kier molecular flexibility index (Phi) is 4.21. The fraction of sp³-hybridized carbons (Fsp3) is 0.385. The Morgan fingerprint density at radius 3 is 2.84 bits per heavy atom. The van der Waals surface area contributed by atoms with E-state index in [4.69, 9.17) is 9.84 Å². The van der Waals surface area contributed by atoms with Crippen molar-refractivity contribution in [1.82, 2.24) is 5.32 Å². The molecule has 0 radical (unpaired) electrons. The van der Waals surface area contributed by atoms with Crippen LogP contribution >= 0.6 is 15.9 Å². The Hall–Kier alpha value is -1.40. The highest BCUT2D eigenvalue weighted by atomic mass is 79.9. The van der Waals surface area contributed by atoms with E-state index in [1.165, 1.54) is 0 Å². The van der Waals surface area contributed by atoms with Gasteiger partial charge in [0.05, 0.1) is 19.3 Å². The van der Waals surface area contributed by atoms with Crippen LogP contribution in [0.15, 0.2) is 22.7 Å². The first kappa shape index (κ1) is 14.0. The summed E-state index contributed by atoms with van der Waals surface area (Å²) in [5.41, 5.74) is 1.36. The second-order valence-corrected chi connectivity index (χ2v) is 5.33. The Bertz CT molecular complexity index is 517. The van der Waals surface area contributed by atoms with E-state index >= 15 is 0 Å². The number of rotatable bonds is 3. The highest BCUT2D eigenvalue weighted by molar-refractivity contribution is 9.10. The number of hydrogen-bond acceptors (Lipinski definition) is 3. The molecule has 19 heavy (non-hydrogen) atoms. The van der Waals surface area contributed by atoms with Crippen molar-refractivity contribution >= 4 is 27.8 Å². The topological polar surface area (TPSA) is 75.6 Å². The van der Waals surface area contributed by atoms with Crippen molar-refractivity contribution in [3.8, 4) is 0 Å². The van der Waals surface area contributed by atoms with Crippen LogP contribution in [0.25, 0.3) is 0 Å². The van der Waals surface area contributed by atoms with E-state index in [1.54, 1.807) is 12.1 Å². The summed E-state index contributed by atoms with van der Waals surface area (Å²) in [4.78, 5) is 23.2. The predicted molar refractivity (Wildman–Crippen MR) is 72.1 cm³/mol. The zero-order chi connectivity index (χ0) is 14.0. The lowest BCUT2D eigenvalue weighted by Gasteiger charge is -2.16. The molecule has 1 amide bonds. The van der Waals surface area contributed by atoms with Crippen molar-refractivity contribution in [3.63, 3.8) is 0 Å². The molecule has 0 spiro atoms. The highest BCUT2D eigenvalue weighted by Gasteiger charge is 2.35. The fourth-order valence-corrected chi connectivity index (χ4v) is 2.41. The van der Waals surface area contributed by atoms with Gasteiger partial charge in [0, 0.05) is 10.0 Å². The minimum atomic E-state index is -0.950. The van der Waals surface area contributed by atoms with E-state index in [1.807, 2.05) is 13.0 Å². The molecule has 2 unspecified atom stereocenters. The third-order valence-corrected chi connectivity index (χ3v) is 4.09. The Balaban J connectivity index is 2.13. The molecule has 102 valence electrons. The molecule has 6 heteroatoms. The molecule has 1 aromatic rings. The van der Waals surface area contributed by atoms with Crippen LogP contribution in [0, 0.1) is 12.8 Å². The van der Waals surface area contributed by atoms with Crippen molar-refractivity contribution < 1.29 is 19.4 Å². The molecule has 5 nitrogen and oxygen atoms in total. The van der Waals surface area contributed by atoms with E-state index in [0.717, 1.165) is 10.0 Å². The molecule has 1 aliphatic rings. The van der Waals surface area contributed by atoms with Crippen LogP contribution in [0.1, 0.15) is 15.9 Å². The Morgan fingerprint density at radius 1 is 1.42 bits per heavy atom. The number of benzene rings is 1. The lowest BCUT2D eigenvalue weighted by atomic mass is 10.0. The molecule has 0 bridgehead atoms. The summed E-state index contributed by atoms with van der Waals surface area (Å²) in [6.07, 6.45) is 0. The number of nitrogens with one attached hydrogen (secondary N) is 1. The lowest BCUT2D eigenvalue weighted by Crippen LogP contribution is -2.42. The van der Waals surface area contributed by atoms with Gasteiger partial charge in [0.1, 0.15) is 5.92 Å². The maximum absolute atomic E-state index is 12.2. The van der Waals surface area contributed by atoms with Crippen LogP contribution in [-0.4, -0.2) is 36.2 Å². The van der Waals surface area contributed by atoms with Crippen LogP contribution < -0.4 is 5.32 Å². The van der Waals surface area contributed by atoms with E-state index in [0.29, 0.717) is 5.56 Å². The second kappa shape index (κ2) is 5.71. The SMILES string of the molecule is Cc1c(Br)cccc1C(=O)NC1COCC1C(=O)O. The summed E-state index contributed by atoms with van der Waals surface area (Å²) in [5.74, 6) is -1.91. The van der Waals surface area contributed by atoms with Gasteiger partial charge < -0.3 is 15.2 Å². The maximum atomic E-state index is 12.2. The number of ether oxygens (including phenoxy) is 1. The number of halogens is 1. The van der Waals surface area contributed by atoms with Crippen LogP contribution in [0.5, 0.6) is 0 Å². The molecule has 2 atom stereocenters. The van der Waals surface area contributed by atoms with Gasteiger partial charge in [0.25, 0.3) is 5.91 Å². The first-order valence-electron chi connectivity index (χ1n) is 5.87. The van der Waals surface area contributed by atoms with Crippen LogP contribution in [0.2, 0.25) is 0 Å². The highest BCUT2D eigenvalue weighted by Crippen LogP contribution is 2.20. The van der Waals surface area contributed by atoms with Crippen LogP contribution in [0.3, 0.4) is 0 Å². The molecule has 1 heterocycles. The van der Waals surface area contributed by atoms with Crippen molar-refractivity contribution in [2.24, 2.45) is 5.92 Å². The zero-order valence-corrected chi connectivity index (χ0v) is 11.9. The quantitative estimate of drug-likeness (QED) is 0.883. The third kappa shape index (κ3) is 2.96. The molecule has 2 rings (SSSR count). The van der Waals surface area contributed by atoms with Crippen LogP contribution in [0.4, 0.5) is 0 Å².